The van der Waals surface area contributed by atoms with Gasteiger partial charge in [-0.05, 0) is 82.9 Å². The van der Waals surface area contributed by atoms with Gasteiger partial charge in [-0.25, -0.2) is 4.98 Å². The van der Waals surface area contributed by atoms with Crippen molar-refractivity contribution in [2.45, 2.75) is 64.6 Å². The quantitative estimate of drug-likeness (QED) is 0.633. The molecule has 0 unspecified atom stereocenters. The van der Waals surface area contributed by atoms with Crippen molar-refractivity contribution in [3.63, 3.8) is 0 Å². The zero-order valence-corrected chi connectivity index (χ0v) is 19.7. The molecule has 1 saturated heterocycles. The molecule has 0 radical (unpaired) electrons. The van der Waals surface area contributed by atoms with Gasteiger partial charge in [0.2, 0.25) is 5.95 Å². The third-order valence-corrected chi connectivity index (χ3v) is 6.08. The highest BCUT2D eigenvalue weighted by Crippen LogP contribution is 2.34. The molecule has 32 heavy (non-hydrogen) atoms. The lowest BCUT2D eigenvalue weighted by Crippen LogP contribution is -2.62. The Hall–Kier alpha value is -3.06. The molecule has 4 rings (SSSR count). The third-order valence-electron chi connectivity index (χ3n) is 6.08. The van der Waals surface area contributed by atoms with Crippen molar-refractivity contribution < 1.29 is 5.11 Å². The number of pyridine rings is 1. The van der Waals surface area contributed by atoms with Crippen LogP contribution in [0.1, 0.15) is 46.2 Å². The summed E-state index contributed by atoms with van der Waals surface area (Å²) in [6, 6.07) is 9.79. The molecule has 1 aliphatic rings. The summed E-state index contributed by atoms with van der Waals surface area (Å²) >= 11 is 0. The fourth-order valence-electron chi connectivity index (χ4n) is 4.91. The molecule has 2 aromatic heterocycles. The van der Waals surface area contributed by atoms with Crippen LogP contribution in [0.4, 0.5) is 5.95 Å². The molecule has 1 aromatic carbocycles. The third kappa shape index (κ3) is 4.72. The summed E-state index contributed by atoms with van der Waals surface area (Å²) < 4.78 is 0. The summed E-state index contributed by atoms with van der Waals surface area (Å²) in [6.07, 6.45) is 5.44. The minimum Gasteiger partial charge on any atom is -0.507 e. The van der Waals surface area contributed by atoms with E-state index in [9.17, 15) is 5.11 Å². The van der Waals surface area contributed by atoms with Crippen LogP contribution in [0.3, 0.4) is 0 Å². The second-order valence-corrected chi connectivity index (χ2v) is 10.1. The van der Waals surface area contributed by atoms with Gasteiger partial charge in [0.1, 0.15) is 11.4 Å². The second-order valence-electron chi connectivity index (χ2n) is 10.1. The molecule has 3 heterocycles. The molecule has 3 aromatic rings. The first-order chi connectivity index (χ1) is 15.0. The van der Waals surface area contributed by atoms with Gasteiger partial charge in [-0.2, -0.15) is 0 Å². The second kappa shape index (κ2) is 8.13. The standard InChI is InChI=1S/C25H32N6O/c1-16-11-18(9-10-26-16)17-7-8-20(22(32)12-17)21-15-27-23(29-28-21)31(6)19-13-24(2,3)30-25(4,5)14-19/h7-12,15,19,30,32H,13-14H2,1-6H3. The van der Waals surface area contributed by atoms with Crippen molar-refractivity contribution >= 4 is 5.95 Å². The van der Waals surface area contributed by atoms with Gasteiger partial charge in [0.05, 0.1) is 6.20 Å². The summed E-state index contributed by atoms with van der Waals surface area (Å²) in [4.78, 5) is 10.9. The van der Waals surface area contributed by atoms with Crippen molar-refractivity contribution in [3.8, 4) is 28.1 Å². The Labute approximate surface area is 190 Å². The molecule has 2 N–H and O–H groups in total. The normalized spacial score (nSPS) is 17.8. The number of anilines is 1. The molecule has 0 atom stereocenters. The molecule has 168 valence electrons. The smallest absolute Gasteiger partial charge is 0.245 e. The maximum atomic E-state index is 10.6. The van der Waals surface area contributed by atoms with Crippen molar-refractivity contribution in [2.75, 3.05) is 11.9 Å². The van der Waals surface area contributed by atoms with E-state index in [-0.39, 0.29) is 16.8 Å². The lowest BCUT2D eigenvalue weighted by atomic mass is 9.79. The van der Waals surface area contributed by atoms with Crippen molar-refractivity contribution in [2.24, 2.45) is 0 Å². The highest BCUT2D eigenvalue weighted by atomic mass is 16.3. The minimum absolute atomic E-state index is 0.0366. The van der Waals surface area contributed by atoms with E-state index in [4.69, 9.17) is 0 Å². The first-order valence-electron chi connectivity index (χ1n) is 11.0. The van der Waals surface area contributed by atoms with Gasteiger partial charge in [-0.3, -0.25) is 4.98 Å². The topological polar surface area (TPSA) is 87.1 Å². The van der Waals surface area contributed by atoms with E-state index in [1.165, 1.54) is 0 Å². The number of aromatic nitrogens is 4. The minimum atomic E-state index is 0.0366. The number of rotatable bonds is 4. The van der Waals surface area contributed by atoms with E-state index in [0.717, 1.165) is 29.7 Å². The van der Waals surface area contributed by atoms with Gasteiger partial charge in [0.25, 0.3) is 0 Å². The van der Waals surface area contributed by atoms with Crippen LogP contribution in [0.15, 0.2) is 42.7 Å². The fourth-order valence-corrected chi connectivity index (χ4v) is 4.91. The van der Waals surface area contributed by atoms with Crippen molar-refractivity contribution in [1.82, 2.24) is 25.5 Å². The van der Waals surface area contributed by atoms with Crippen LogP contribution in [-0.2, 0) is 0 Å². The zero-order valence-electron chi connectivity index (χ0n) is 19.7. The predicted octanol–water partition coefficient (Wildman–Crippen LogP) is 4.36. The molecule has 0 aliphatic carbocycles. The molecular weight excluding hydrogens is 400 g/mol. The van der Waals surface area contributed by atoms with Crippen LogP contribution in [-0.4, -0.2) is 49.4 Å². The molecule has 0 bridgehead atoms. The molecule has 7 nitrogen and oxygen atoms in total. The number of piperidine rings is 1. The first-order valence-corrected chi connectivity index (χ1v) is 11.0. The van der Waals surface area contributed by atoms with E-state index >= 15 is 0 Å². The fraction of sp³-hybridized carbons (Fsp3) is 0.440. The van der Waals surface area contributed by atoms with Crippen molar-refractivity contribution in [1.29, 1.82) is 0 Å². The average molecular weight is 433 g/mol. The van der Waals surface area contributed by atoms with Crippen LogP contribution in [0, 0.1) is 6.92 Å². The summed E-state index contributed by atoms with van der Waals surface area (Å²) in [5.41, 5.74) is 4.09. The molecule has 1 fully saturated rings. The maximum absolute atomic E-state index is 10.6. The SMILES string of the molecule is Cc1cc(-c2ccc(-c3cnc(N(C)C4CC(C)(C)NC(C)(C)C4)nn3)c(O)c2)ccn1. The number of phenols is 1. The molecule has 7 heteroatoms. The highest BCUT2D eigenvalue weighted by molar-refractivity contribution is 5.74. The van der Waals surface area contributed by atoms with E-state index in [2.05, 4.69) is 58.1 Å². The Balaban J connectivity index is 1.55. The Morgan fingerprint density at radius 1 is 0.969 bits per heavy atom. The maximum Gasteiger partial charge on any atom is 0.245 e. The van der Waals surface area contributed by atoms with Crippen LogP contribution >= 0.6 is 0 Å². The van der Waals surface area contributed by atoms with Crippen LogP contribution in [0.25, 0.3) is 22.4 Å². The lowest BCUT2D eigenvalue weighted by molar-refractivity contribution is 0.160. The summed E-state index contributed by atoms with van der Waals surface area (Å²) in [6.45, 7) is 10.9. The molecular formula is C25H32N6O. The molecule has 1 aliphatic heterocycles. The van der Waals surface area contributed by atoms with Gasteiger partial charge in [0, 0.05) is 41.6 Å². The Morgan fingerprint density at radius 3 is 2.25 bits per heavy atom. The number of nitrogens with zero attached hydrogens (tertiary/aromatic N) is 5. The molecule has 0 spiro atoms. The summed E-state index contributed by atoms with van der Waals surface area (Å²) in [5, 5.41) is 23.1. The highest BCUT2D eigenvalue weighted by Gasteiger charge is 2.39. The lowest BCUT2D eigenvalue weighted by Gasteiger charge is -2.48. The molecule has 0 amide bonds. The van der Waals surface area contributed by atoms with E-state index in [1.807, 2.05) is 38.2 Å². The Morgan fingerprint density at radius 2 is 1.66 bits per heavy atom. The van der Waals surface area contributed by atoms with Crippen LogP contribution < -0.4 is 10.2 Å². The van der Waals surface area contributed by atoms with E-state index in [0.29, 0.717) is 23.2 Å². The van der Waals surface area contributed by atoms with Crippen LogP contribution in [0.2, 0.25) is 0 Å². The van der Waals surface area contributed by atoms with E-state index in [1.54, 1.807) is 18.5 Å². The first kappa shape index (κ1) is 22.1. The summed E-state index contributed by atoms with van der Waals surface area (Å²) in [7, 11) is 2.03. The number of aromatic hydroxyl groups is 1. The van der Waals surface area contributed by atoms with Crippen molar-refractivity contribution in [3.05, 3.63) is 48.4 Å². The number of aryl methyl sites for hydroxylation is 1. The van der Waals surface area contributed by atoms with Gasteiger partial charge < -0.3 is 15.3 Å². The average Bonchev–Trinajstić information content (AvgIpc) is 2.71. The number of hydrogen-bond donors (Lipinski definition) is 2. The monoisotopic (exact) mass is 432 g/mol. The van der Waals surface area contributed by atoms with Gasteiger partial charge >= 0.3 is 0 Å². The Bertz CT molecular complexity index is 1090. The predicted molar refractivity (Wildman–Crippen MR) is 128 cm³/mol. The van der Waals surface area contributed by atoms with Crippen LogP contribution in [0.5, 0.6) is 5.75 Å². The number of benzene rings is 1. The van der Waals surface area contributed by atoms with Gasteiger partial charge in [-0.15, -0.1) is 10.2 Å². The number of nitrogens with one attached hydrogen (secondary N) is 1. The number of hydrogen-bond acceptors (Lipinski definition) is 7. The largest absolute Gasteiger partial charge is 0.507 e. The van der Waals surface area contributed by atoms with Gasteiger partial charge in [-0.1, -0.05) is 6.07 Å². The zero-order chi connectivity index (χ0) is 23.1. The molecule has 0 saturated carbocycles. The summed E-state index contributed by atoms with van der Waals surface area (Å²) in [5.74, 6) is 0.742. The van der Waals surface area contributed by atoms with E-state index < -0.39 is 0 Å². The number of phenolic OH excluding ortho intramolecular Hbond substituents is 1. The Kier molecular flexibility index (Phi) is 5.63. The van der Waals surface area contributed by atoms with Gasteiger partial charge in [0.15, 0.2) is 0 Å².